The highest BCUT2D eigenvalue weighted by Crippen LogP contribution is 2.40. The number of nitrogens with two attached hydrogens (primary N) is 1. The topological polar surface area (TPSA) is 38.4 Å². The van der Waals surface area contributed by atoms with Crippen molar-refractivity contribution in [3.8, 4) is 0 Å². The Morgan fingerprint density at radius 1 is 1.41 bits per heavy atom. The molecule has 1 aliphatic carbocycles. The molecule has 0 saturated heterocycles. The Bertz CT molecular complexity index is 361. The van der Waals surface area contributed by atoms with E-state index in [4.69, 9.17) is 5.73 Å². The van der Waals surface area contributed by atoms with Crippen LogP contribution in [0.15, 0.2) is 40.9 Å². The van der Waals surface area contributed by atoms with Crippen LogP contribution in [-0.2, 0) is 0 Å². The summed E-state index contributed by atoms with van der Waals surface area (Å²) in [5.41, 5.74) is 8.66. The van der Waals surface area contributed by atoms with Gasteiger partial charge in [0.25, 0.3) is 0 Å². The quantitative estimate of drug-likeness (QED) is 0.737. The number of fused-ring (bicyclic) bond motifs is 1. The third-order valence-corrected chi connectivity index (χ3v) is 3.33. The molecule has 0 bridgehead atoms. The van der Waals surface area contributed by atoms with Gasteiger partial charge in [0.2, 0.25) is 0 Å². The molecule has 0 aromatic heterocycles. The summed E-state index contributed by atoms with van der Waals surface area (Å²) in [7, 11) is 0. The molecule has 0 aromatic carbocycles. The van der Waals surface area contributed by atoms with Crippen molar-refractivity contribution in [3.63, 3.8) is 0 Å². The van der Waals surface area contributed by atoms with Gasteiger partial charge >= 0.3 is 0 Å². The van der Waals surface area contributed by atoms with Crippen LogP contribution in [-0.4, -0.2) is 11.9 Å². The van der Waals surface area contributed by atoms with E-state index in [2.05, 4.69) is 30.6 Å². The van der Waals surface area contributed by atoms with Crippen molar-refractivity contribution in [2.45, 2.75) is 46.1 Å². The Kier molecular flexibility index (Phi) is 5.20. The SMILES string of the molecule is C=C/C=C1/CCC2N=C(N)CC2/C1=C/C.CC. The highest BCUT2D eigenvalue weighted by atomic mass is 14.9. The van der Waals surface area contributed by atoms with Crippen molar-refractivity contribution < 1.29 is 0 Å². The molecule has 2 nitrogen and oxygen atoms in total. The van der Waals surface area contributed by atoms with Crippen molar-refractivity contribution in [1.82, 2.24) is 0 Å². The Balaban J connectivity index is 0.000000686. The lowest BCUT2D eigenvalue weighted by Gasteiger charge is -2.29. The van der Waals surface area contributed by atoms with E-state index in [1.807, 2.05) is 19.9 Å². The van der Waals surface area contributed by atoms with E-state index in [9.17, 15) is 0 Å². The maximum absolute atomic E-state index is 5.81. The van der Waals surface area contributed by atoms with Crippen molar-refractivity contribution in [3.05, 3.63) is 36.0 Å². The maximum Gasteiger partial charge on any atom is 0.0947 e. The molecular formula is C15H24N2. The Hall–Kier alpha value is -1.31. The minimum atomic E-state index is 0.429. The van der Waals surface area contributed by atoms with E-state index in [1.165, 1.54) is 11.1 Å². The van der Waals surface area contributed by atoms with Crippen LogP contribution in [0.3, 0.4) is 0 Å². The molecule has 94 valence electrons. The van der Waals surface area contributed by atoms with E-state index < -0.39 is 0 Å². The summed E-state index contributed by atoms with van der Waals surface area (Å²) in [4.78, 5) is 4.50. The highest BCUT2D eigenvalue weighted by Gasteiger charge is 2.35. The lowest BCUT2D eigenvalue weighted by molar-refractivity contribution is 0.464. The lowest BCUT2D eigenvalue weighted by Crippen LogP contribution is -2.23. The molecule has 2 heteroatoms. The summed E-state index contributed by atoms with van der Waals surface area (Å²) in [6.07, 6.45) is 9.36. The fraction of sp³-hybridized carbons (Fsp3) is 0.533. The van der Waals surface area contributed by atoms with E-state index >= 15 is 0 Å². The van der Waals surface area contributed by atoms with Crippen molar-refractivity contribution in [2.75, 3.05) is 0 Å². The van der Waals surface area contributed by atoms with Crippen LogP contribution in [0, 0.1) is 5.92 Å². The van der Waals surface area contributed by atoms with Gasteiger partial charge in [-0.2, -0.15) is 0 Å². The summed E-state index contributed by atoms with van der Waals surface area (Å²) >= 11 is 0. The monoisotopic (exact) mass is 232 g/mol. The van der Waals surface area contributed by atoms with Crippen LogP contribution >= 0.6 is 0 Å². The predicted octanol–water partition coefficient (Wildman–Crippen LogP) is 3.61. The number of hydrogen-bond acceptors (Lipinski definition) is 2. The fourth-order valence-electron chi connectivity index (χ4n) is 2.71. The van der Waals surface area contributed by atoms with Crippen molar-refractivity contribution in [2.24, 2.45) is 16.6 Å². The average Bonchev–Trinajstić information content (AvgIpc) is 2.72. The van der Waals surface area contributed by atoms with Gasteiger partial charge in [-0.15, -0.1) is 0 Å². The zero-order valence-electron chi connectivity index (χ0n) is 11.2. The Labute approximate surface area is 105 Å². The smallest absolute Gasteiger partial charge is 0.0947 e. The first-order valence-electron chi connectivity index (χ1n) is 6.56. The number of allylic oxidation sites excluding steroid dienone is 4. The van der Waals surface area contributed by atoms with Crippen LogP contribution in [0.1, 0.15) is 40.0 Å². The van der Waals surface area contributed by atoms with Gasteiger partial charge in [0.1, 0.15) is 0 Å². The van der Waals surface area contributed by atoms with Crippen LogP contribution in [0.25, 0.3) is 0 Å². The molecule has 0 amide bonds. The molecular weight excluding hydrogens is 208 g/mol. The van der Waals surface area contributed by atoms with Gasteiger partial charge in [0.15, 0.2) is 0 Å². The summed E-state index contributed by atoms with van der Waals surface area (Å²) in [5, 5.41) is 0. The van der Waals surface area contributed by atoms with E-state index in [1.54, 1.807) is 0 Å². The summed E-state index contributed by atoms with van der Waals surface area (Å²) in [6, 6.07) is 0.429. The normalized spacial score (nSPS) is 31.6. The van der Waals surface area contributed by atoms with E-state index in [0.29, 0.717) is 12.0 Å². The molecule has 2 rings (SSSR count). The highest BCUT2D eigenvalue weighted by molar-refractivity contribution is 5.83. The molecule has 17 heavy (non-hydrogen) atoms. The van der Waals surface area contributed by atoms with Crippen LogP contribution in [0.2, 0.25) is 0 Å². The summed E-state index contributed by atoms with van der Waals surface area (Å²) in [5.74, 6) is 1.35. The zero-order valence-corrected chi connectivity index (χ0v) is 11.2. The third kappa shape index (κ3) is 2.87. The van der Waals surface area contributed by atoms with Gasteiger partial charge in [0.05, 0.1) is 11.9 Å². The molecule has 0 aromatic rings. The second-order valence-electron chi connectivity index (χ2n) is 4.21. The minimum Gasteiger partial charge on any atom is -0.387 e. The van der Waals surface area contributed by atoms with Gasteiger partial charge in [-0.25, -0.2) is 0 Å². The number of amidine groups is 1. The molecule has 1 saturated carbocycles. The molecule has 2 atom stereocenters. The van der Waals surface area contributed by atoms with Gasteiger partial charge in [-0.05, 0) is 30.9 Å². The first-order chi connectivity index (χ1) is 8.26. The summed E-state index contributed by atoms with van der Waals surface area (Å²) in [6.45, 7) is 9.87. The molecule has 0 radical (unpaired) electrons. The minimum absolute atomic E-state index is 0.429. The maximum atomic E-state index is 5.81. The molecule has 1 aliphatic heterocycles. The van der Waals surface area contributed by atoms with Crippen molar-refractivity contribution in [1.29, 1.82) is 0 Å². The Morgan fingerprint density at radius 3 is 2.71 bits per heavy atom. The standard InChI is InChI=1S/C13H18N2.C2H6/c1-3-5-9-6-7-12-11(10(9)4-2)8-13(14)15-12;1-2/h3-5,11-12H,1,6-8H2,2H3,(H2,14,15);1-2H3/b9-5-,10-4+;. The number of rotatable bonds is 1. The first-order valence-corrected chi connectivity index (χ1v) is 6.56. The second kappa shape index (κ2) is 6.43. The van der Waals surface area contributed by atoms with Gasteiger partial charge in [-0.3, -0.25) is 4.99 Å². The molecule has 2 unspecified atom stereocenters. The molecule has 1 heterocycles. The molecule has 2 N–H and O–H groups in total. The van der Waals surface area contributed by atoms with Crippen molar-refractivity contribution >= 4 is 5.84 Å². The largest absolute Gasteiger partial charge is 0.387 e. The molecule has 0 spiro atoms. The number of aliphatic imine (C=N–C) groups is 1. The second-order valence-corrected chi connectivity index (χ2v) is 4.21. The molecule has 1 fully saturated rings. The Morgan fingerprint density at radius 2 is 2.12 bits per heavy atom. The van der Waals surface area contributed by atoms with Crippen LogP contribution in [0.4, 0.5) is 0 Å². The predicted molar refractivity (Wildman–Crippen MR) is 76.1 cm³/mol. The average molecular weight is 232 g/mol. The fourth-order valence-corrected chi connectivity index (χ4v) is 2.71. The van der Waals surface area contributed by atoms with E-state index in [0.717, 1.165) is 25.1 Å². The number of nitrogens with zero attached hydrogens (tertiary/aromatic N) is 1. The van der Waals surface area contributed by atoms with E-state index in [-0.39, 0.29) is 0 Å². The van der Waals surface area contributed by atoms with Crippen LogP contribution < -0.4 is 5.73 Å². The lowest BCUT2D eigenvalue weighted by atomic mass is 9.77. The van der Waals surface area contributed by atoms with Gasteiger partial charge < -0.3 is 5.73 Å². The third-order valence-electron chi connectivity index (χ3n) is 3.33. The first kappa shape index (κ1) is 13.8. The summed E-state index contributed by atoms with van der Waals surface area (Å²) < 4.78 is 0. The van der Waals surface area contributed by atoms with Gasteiger partial charge in [-0.1, -0.05) is 38.7 Å². The number of hydrogen-bond donors (Lipinski definition) is 1. The van der Waals surface area contributed by atoms with Crippen LogP contribution in [0.5, 0.6) is 0 Å². The van der Waals surface area contributed by atoms with Gasteiger partial charge in [0, 0.05) is 12.3 Å². The zero-order chi connectivity index (χ0) is 12.8. The molecule has 2 aliphatic rings.